The number of carbonyl (C=O) groups is 2. The van der Waals surface area contributed by atoms with Gasteiger partial charge in [0.2, 0.25) is 5.91 Å². The van der Waals surface area contributed by atoms with Gasteiger partial charge < -0.3 is 15.2 Å². The Morgan fingerprint density at radius 2 is 1.95 bits per heavy atom. The summed E-state index contributed by atoms with van der Waals surface area (Å²) in [5, 5.41) is 12.0. The maximum Gasteiger partial charge on any atom is 0.307 e. The number of methoxy groups -OCH3 is 1. The number of nitrogens with one attached hydrogen (secondary N) is 1. The smallest absolute Gasteiger partial charge is 0.307 e. The predicted molar refractivity (Wildman–Crippen MR) is 74.7 cm³/mol. The first-order chi connectivity index (χ1) is 9.61. The van der Waals surface area contributed by atoms with Crippen molar-refractivity contribution < 1.29 is 19.4 Å². The summed E-state index contributed by atoms with van der Waals surface area (Å²) in [5.41, 5.74) is 0.629. The summed E-state index contributed by atoms with van der Waals surface area (Å²) in [5.74, 6) is -1.47. The molecule has 0 bridgehead atoms. The zero-order chi connectivity index (χ0) is 14.5. The summed E-state index contributed by atoms with van der Waals surface area (Å²) in [6, 6.07) is 7.05. The molecule has 0 heterocycles. The summed E-state index contributed by atoms with van der Waals surface area (Å²) < 4.78 is 5.10. The van der Waals surface area contributed by atoms with Gasteiger partial charge in [0.1, 0.15) is 5.75 Å². The zero-order valence-corrected chi connectivity index (χ0v) is 11.5. The molecule has 1 amide bonds. The number of hydrogen-bond donors (Lipinski definition) is 2. The molecule has 0 aliphatic heterocycles. The van der Waals surface area contributed by atoms with Crippen LogP contribution >= 0.6 is 0 Å². The Kier molecular flexibility index (Phi) is 4.61. The van der Waals surface area contributed by atoms with E-state index in [1.165, 1.54) is 0 Å². The largest absolute Gasteiger partial charge is 0.497 e. The van der Waals surface area contributed by atoms with E-state index >= 15 is 0 Å². The second kappa shape index (κ2) is 6.41. The molecule has 1 fully saturated rings. The van der Waals surface area contributed by atoms with E-state index in [-0.39, 0.29) is 5.91 Å². The summed E-state index contributed by atoms with van der Waals surface area (Å²) in [7, 11) is 1.56. The van der Waals surface area contributed by atoms with Crippen molar-refractivity contribution in [3.05, 3.63) is 24.3 Å². The molecule has 2 atom stereocenters. The second-order valence-electron chi connectivity index (χ2n) is 5.06. The molecule has 1 saturated carbocycles. The third kappa shape index (κ3) is 3.29. The van der Waals surface area contributed by atoms with Crippen molar-refractivity contribution in [1.82, 2.24) is 0 Å². The van der Waals surface area contributed by atoms with E-state index in [1.54, 1.807) is 31.4 Å². The number of amides is 1. The third-order valence-electron chi connectivity index (χ3n) is 3.76. The molecule has 0 radical (unpaired) electrons. The van der Waals surface area contributed by atoms with Gasteiger partial charge in [-0.2, -0.15) is 0 Å². The quantitative estimate of drug-likeness (QED) is 0.886. The molecule has 0 saturated heterocycles. The average molecular weight is 277 g/mol. The SMILES string of the molecule is COc1cccc(NC(=O)C2CCCC[C@@H]2C(=O)O)c1. The Labute approximate surface area is 117 Å². The van der Waals surface area contributed by atoms with Crippen LogP contribution < -0.4 is 10.1 Å². The number of carboxylic acid groups (broad SMARTS) is 1. The van der Waals surface area contributed by atoms with E-state index in [0.29, 0.717) is 24.3 Å². The van der Waals surface area contributed by atoms with Crippen LogP contribution in [0.15, 0.2) is 24.3 Å². The number of carboxylic acids is 1. The minimum Gasteiger partial charge on any atom is -0.497 e. The van der Waals surface area contributed by atoms with Gasteiger partial charge in [0.25, 0.3) is 0 Å². The van der Waals surface area contributed by atoms with Crippen LogP contribution in [-0.4, -0.2) is 24.1 Å². The zero-order valence-electron chi connectivity index (χ0n) is 11.5. The number of rotatable bonds is 4. The minimum atomic E-state index is -0.879. The number of benzene rings is 1. The Balaban J connectivity index is 2.07. The van der Waals surface area contributed by atoms with Crippen molar-refractivity contribution in [2.75, 3.05) is 12.4 Å². The van der Waals surface area contributed by atoms with Gasteiger partial charge in [-0.15, -0.1) is 0 Å². The molecule has 1 unspecified atom stereocenters. The summed E-state index contributed by atoms with van der Waals surface area (Å²) in [4.78, 5) is 23.5. The highest BCUT2D eigenvalue weighted by atomic mass is 16.5. The van der Waals surface area contributed by atoms with Gasteiger partial charge in [-0.3, -0.25) is 9.59 Å². The lowest BCUT2D eigenvalue weighted by atomic mass is 9.78. The second-order valence-corrected chi connectivity index (χ2v) is 5.06. The fourth-order valence-electron chi connectivity index (χ4n) is 2.68. The van der Waals surface area contributed by atoms with E-state index < -0.39 is 17.8 Å². The first-order valence-electron chi connectivity index (χ1n) is 6.79. The van der Waals surface area contributed by atoms with Crippen molar-refractivity contribution in [3.8, 4) is 5.75 Å². The van der Waals surface area contributed by atoms with Crippen molar-refractivity contribution in [1.29, 1.82) is 0 Å². The first-order valence-corrected chi connectivity index (χ1v) is 6.79. The van der Waals surface area contributed by atoms with Crippen LogP contribution in [0.3, 0.4) is 0 Å². The van der Waals surface area contributed by atoms with Gasteiger partial charge in [-0.25, -0.2) is 0 Å². The van der Waals surface area contributed by atoms with Gasteiger partial charge >= 0.3 is 5.97 Å². The Morgan fingerprint density at radius 1 is 1.25 bits per heavy atom. The topological polar surface area (TPSA) is 75.6 Å². The van der Waals surface area contributed by atoms with Crippen molar-refractivity contribution in [2.24, 2.45) is 11.8 Å². The van der Waals surface area contributed by atoms with Gasteiger partial charge in [0, 0.05) is 11.8 Å². The molecule has 20 heavy (non-hydrogen) atoms. The highest BCUT2D eigenvalue weighted by Gasteiger charge is 2.35. The van der Waals surface area contributed by atoms with Gasteiger partial charge in [-0.1, -0.05) is 18.9 Å². The van der Waals surface area contributed by atoms with Crippen LogP contribution in [-0.2, 0) is 9.59 Å². The molecular formula is C15H19NO4. The van der Waals surface area contributed by atoms with Crippen molar-refractivity contribution in [3.63, 3.8) is 0 Å². The number of ether oxygens (including phenoxy) is 1. The summed E-state index contributed by atoms with van der Waals surface area (Å²) >= 11 is 0. The van der Waals surface area contributed by atoms with Crippen molar-refractivity contribution >= 4 is 17.6 Å². The lowest BCUT2D eigenvalue weighted by Crippen LogP contribution is -2.36. The number of aliphatic carboxylic acids is 1. The highest BCUT2D eigenvalue weighted by Crippen LogP contribution is 2.31. The molecule has 1 aliphatic carbocycles. The molecule has 0 spiro atoms. The maximum absolute atomic E-state index is 12.3. The van der Waals surface area contributed by atoms with E-state index in [9.17, 15) is 14.7 Å². The number of anilines is 1. The van der Waals surface area contributed by atoms with Crippen LogP contribution in [0, 0.1) is 11.8 Å². The Morgan fingerprint density at radius 3 is 2.60 bits per heavy atom. The van der Waals surface area contributed by atoms with Crippen LogP contribution in [0.25, 0.3) is 0 Å². The molecule has 0 aromatic heterocycles. The Bertz CT molecular complexity index is 500. The molecule has 2 rings (SSSR count). The van der Waals surface area contributed by atoms with Gasteiger partial charge in [-0.05, 0) is 25.0 Å². The van der Waals surface area contributed by atoms with Gasteiger partial charge in [0.05, 0.1) is 18.9 Å². The normalized spacial score (nSPS) is 22.1. The van der Waals surface area contributed by atoms with Crippen LogP contribution in [0.1, 0.15) is 25.7 Å². The van der Waals surface area contributed by atoms with Crippen LogP contribution in [0.4, 0.5) is 5.69 Å². The monoisotopic (exact) mass is 277 g/mol. The van der Waals surface area contributed by atoms with E-state index in [1.807, 2.05) is 0 Å². The fourth-order valence-corrected chi connectivity index (χ4v) is 2.68. The van der Waals surface area contributed by atoms with Crippen LogP contribution in [0.5, 0.6) is 5.75 Å². The maximum atomic E-state index is 12.3. The summed E-state index contributed by atoms with van der Waals surface area (Å²) in [6.07, 6.45) is 2.98. The number of hydrogen-bond acceptors (Lipinski definition) is 3. The fraction of sp³-hybridized carbons (Fsp3) is 0.467. The van der Waals surface area contributed by atoms with Crippen molar-refractivity contribution in [2.45, 2.75) is 25.7 Å². The highest BCUT2D eigenvalue weighted by molar-refractivity contribution is 5.95. The molecule has 108 valence electrons. The van der Waals surface area contributed by atoms with E-state index in [4.69, 9.17) is 4.74 Å². The first kappa shape index (κ1) is 14.4. The lowest BCUT2D eigenvalue weighted by Gasteiger charge is -2.27. The molecule has 2 N–H and O–H groups in total. The standard InChI is InChI=1S/C15H19NO4/c1-20-11-6-4-5-10(9-11)16-14(17)12-7-2-3-8-13(12)15(18)19/h4-6,9,12-13H,2-3,7-8H2,1H3,(H,16,17)(H,18,19)/t12?,13-/m0/s1. The molecule has 1 aromatic rings. The molecular weight excluding hydrogens is 258 g/mol. The minimum absolute atomic E-state index is 0.217. The summed E-state index contributed by atoms with van der Waals surface area (Å²) in [6.45, 7) is 0. The third-order valence-corrected chi connectivity index (χ3v) is 3.76. The average Bonchev–Trinajstić information content (AvgIpc) is 2.47. The molecule has 5 nitrogen and oxygen atoms in total. The number of carbonyl (C=O) groups excluding carboxylic acids is 1. The van der Waals surface area contributed by atoms with E-state index in [2.05, 4.69) is 5.32 Å². The Hall–Kier alpha value is -2.04. The molecule has 1 aromatic carbocycles. The lowest BCUT2D eigenvalue weighted by molar-refractivity contribution is -0.147. The predicted octanol–water partition coefficient (Wildman–Crippen LogP) is 2.52. The van der Waals surface area contributed by atoms with E-state index in [0.717, 1.165) is 12.8 Å². The molecule has 1 aliphatic rings. The van der Waals surface area contributed by atoms with Gasteiger partial charge in [0.15, 0.2) is 0 Å². The molecule has 5 heteroatoms. The van der Waals surface area contributed by atoms with Crippen LogP contribution in [0.2, 0.25) is 0 Å².